The Balaban J connectivity index is 1.93. The Morgan fingerprint density at radius 2 is 1.86 bits per heavy atom. The van der Waals surface area contributed by atoms with Crippen LogP contribution < -0.4 is 9.79 Å². The van der Waals surface area contributed by atoms with Crippen molar-refractivity contribution in [3.63, 3.8) is 0 Å². The van der Waals surface area contributed by atoms with Gasteiger partial charge >= 0.3 is 5.97 Å². The second-order valence-electron chi connectivity index (χ2n) is 6.26. The number of esters is 1. The van der Waals surface area contributed by atoms with E-state index in [1.54, 1.807) is 31.2 Å². The zero-order chi connectivity index (χ0) is 20.8. The van der Waals surface area contributed by atoms with Crippen LogP contribution in [-0.4, -0.2) is 34.6 Å². The van der Waals surface area contributed by atoms with Gasteiger partial charge in [0.05, 0.1) is 12.8 Å². The van der Waals surface area contributed by atoms with Gasteiger partial charge < -0.3 is 9.84 Å². The number of Topliss-reactive ketones (excluding diaryl/α,β-unsaturated/α-hetero) is 1. The largest absolute Gasteiger partial charge is 0.836 e. The van der Waals surface area contributed by atoms with Crippen molar-refractivity contribution in [2.45, 2.75) is 20.4 Å². The molecule has 0 N–H and O–H groups in total. The molecule has 0 amide bonds. The molecule has 0 saturated carbocycles. The molecule has 0 bridgehead atoms. The number of carbonyl (C=O) groups is 2. The van der Waals surface area contributed by atoms with Crippen LogP contribution in [0.5, 0.6) is 5.88 Å². The fourth-order valence-corrected chi connectivity index (χ4v) is 2.60. The van der Waals surface area contributed by atoms with Crippen molar-refractivity contribution in [2.75, 3.05) is 6.61 Å². The number of carbonyl (C=O) groups excluding carboxylic acids is 2. The molecule has 1 aromatic heterocycles. The van der Waals surface area contributed by atoms with Crippen molar-refractivity contribution in [1.29, 1.82) is 0 Å². The van der Waals surface area contributed by atoms with Gasteiger partial charge in [-0.1, -0.05) is 65.3 Å². The maximum absolute atomic E-state index is 12.6. The van der Waals surface area contributed by atoms with E-state index in [-0.39, 0.29) is 24.6 Å². The molecule has 0 aliphatic rings. The Bertz CT molecular complexity index is 1040. The van der Waals surface area contributed by atoms with Crippen LogP contribution in [0, 0.1) is 6.92 Å². The van der Waals surface area contributed by atoms with Gasteiger partial charge in [-0.2, -0.15) is 0 Å². The van der Waals surface area contributed by atoms with E-state index in [2.05, 4.69) is 10.3 Å². The molecule has 0 radical (unpaired) electrons. The first-order valence-corrected chi connectivity index (χ1v) is 9.06. The van der Waals surface area contributed by atoms with E-state index >= 15 is 0 Å². The summed E-state index contributed by atoms with van der Waals surface area (Å²) in [6.45, 7) is 3.34. The van der Waals surface area contributed by atoms with E-state index in [1.165, 1.54) is 6.21 Å². The summed E-state index contributed by atoms with van der Waals surface area (Å²) in [7, 11) is 0. The summed E-state index contributed by atoms with van der Waals surface area (Å²) in [5.74, 6) is -1.90. The van der Waals surface area contributed by atoms with E-state index < -0.39 is 11.8 Å². The maximum atomic E-state index is 12.6. The third-order valence-electron chi connectivity index (χ3n) is 4.09. The fraction of sp³-hybridized carbons (Fsp3) is 0.190. The summed E-state index contributed by atoms with van der Waals surface area (Å²) in [6.07, 6.45) is 1.44. The number of aryl methyl sites for hydroxylation is 1. The summed E-state index contributed by atoms with van der Waals surface area (Å²) in [5, 5.41) is 20.7. The highest BCUT2D eigenvalue weighted by Crippen LogP contribution is 2.11. The lowest BCUT2D eigenvalue weighted by Crippen LogP contribution is -2.45. The van der Waals surface area contributed by atoms with Crippen molar-refractivity contribution in [3.05, 3.63) is 77.0 Å². The van der Waals surface area contributed by atoms with E-state index in [9.17, 15) is 14.7 Å². The molecule has 148 valence electrons. The predicted octanol–water partition coefficient (Wildman–Crippen LogP) is 1.49. The van der Waals surface area contributed by atoms with Crippen molar-refractivity contribution < 1.29 is 24.1 Å². The Hall–Kier alpha value is -3.81. The smallest absolute Gasteiger partial charge is 0.383 e. The molecule has 0 saturated heterocycles. The summed E-state index contributed by atoms with van der Waals surface area (Å²) in [5.41, 5.74) is 1.87. The molecule has 1 heterocycles. The quantitative estimate of drug-likeness (QED) is 0.262. The molecule has 0 fully saturated rings. The normalized spacial score (nSPS) is 11.0. The van der Waals surface area contributed by atoms with Gasteiger partial charge in [-0.05, 0) is 24.2 Å². The molecule has 0 unspecified atom stereocenters. The highest BCUT2D eigenvalue weighted by molar-refractivity contribution is 5.95. The molecule has 2 aromatic carbocycles. The zero-order valence-electron chi connectivity index (χ0n) is 16.1. The fourth-order valence-electron chi connectivity index (χ4n) is 2.60. The molecular formula is C21H20N4O4. The highest BCUT2D eigenvalue weighted by Gasteiger charge is 2.29. The van der Waals surface area contributed by atoms with Crippen molar-refractivity contribution in [1.82, 2.24) is 10.0 Å². The van der Waals surface area contributed by atoms with Gasteiger partial charge in [-0.25, -0.2) is 4.79 Å². The molecule has 3 aromatic rings. The Kier molecular flexibility index (Phi) is 6.13. The number of ketones is 1. The molecule has 8 heteroatoms. The number of aromatic nitrogens is 3. The van der Waals surface area contributed by atoms with Crippen LogP contribution in [0.1, 0.15) is 38.9 Å². The van der Waals surface area contributed by atoms with Crippen LogP contribution in [0.4, 0.5) is 0 Å². The highest BCUT2D eigenvalue weighted by atomic mass is 16.5. The van der Waals surface area contributed by atoms with Crippen LogP contribution in [0.2, 0.25) is 0 Å². The second-order valence-corrected chi connectivity index (χ2v) is 6.26. The molecule has 3 rings (SSSR count). The van der Waals surface area contributed by atoms with Gasteiger partial charge in [-0.15, -0.1) is 4.68 Å². The Labute approximate surface area is 167 Å². The molecule has 0 aliphatic heterocycles. The van der Waals surface area contributed by atoms with Gasteiger partial charge in [-0.3, -0.25) is 4.79 Å². The molecular weight excluding hydrogens is 372 g/mol. The van der Waals surface area contributed by atoms with E-state index in [4.69, 9.17) is 4.74 Å². The lowest BCUT2D eigenvalue weighted by atomic mass is 10.1. The van der Waals surface area contributed by atoms with Gasteiger partial charge in [0.25, 0.3) is 5.69 Å². The van der Waals surface area contributed by atoms with Crippen LogP contribution in [0.3, 0.4) is 0 Å². The number of hydrogen-bond donors (Lipinski definition) is 0. The summed E-state index contributed by atoms with van der Waals surface area (Å²) >= 11 is 0. The minimum Gasteiger partial charge on any atom is -0.836 e. The van der Waals surface area contributed by atoms with Gasteiger partial charge in [0, 0.05) is 5.56 Å². The molecule has 0 spiro atoms. The number of ether oxygens (including phenoxy) is 1. The van der Waals surface area contributed by atoms with Crippen molar-refractivity contribution >= 4 is 18.0 Å². The molecule has 29 heavy (non-hydrogen) atoms. The Morgan fingerprint density at radius 3 is 2.52 bits per heavy atom. The summed E-state index contributed by atoms with van der Waals surface area (Å²) in [6, 6.07) is 16.1. The minimum absolute atomic E-state index is 0.0860. The zero-order valence-corrected chi connectivity index (χ0v) is 16.1. The minimum atomic E-state index is -0.852. The van der Waals surface area contributed by atoms with Crippen LogP contribution in [0.25, 0.3) is 0 Å². The maximum Gasteiger partial charge on any atom is 0.383 e. The average molecular weight is 392 g/mol. The molecule has 8 nitrogen and oxygen atoms in total. The van der Waals surface area contributed by atoms with Gasteiger partial charge in [0.1, 0.15) is 5.21 Å². The summed E-state index contributed by atoms with van der Waals surface area (Å²) in [4.78, 5) is 25.7. The number of hydrogen-bond acceptors (Lipinski definition) is 6. The van der Waals surface area contributed by atoms with E-state index in [0.717, 1.165) is 20.6 Å². The number of nitrogens with zero attached hydrogens (tertiary/aromatic N) is 4. The monoisotopic (exact) mass is 392 g/mol. The van der Waals surface area contributed by atoms with Gasteiger partial charge in [0.15, 0.2) is 12.4 Å². The first-order chi connectivity index (χ1) is 14.0. The van der Waals surface area contributed by atoms with Crippen molar-refractivity contribution in [3.8, 4) is 5.88 Å². The van der Waals surface area contributed by atoms with Crippen molar-refractivity contribution in [2.24, 2.45) is 5.10 Å². The molecule has 0 aliphatic carbocycles. The predicted molar refractivity (Wildman–Crippen MR) is 103 cm³/mol. The van der Waals surface area contributed by atoms with E-state index in [1.807, 2.05) is 37.3 Å². The summed E-state index contributed by atoms with van der Waals surface area (Å²) < 4.78 is 5.98. The molecule has 0 atom stereocenters. The first kappa shape index (κ1) is 19.9. The first-order valence-electron chi connectivity index (χ1n) is 9.06. The standard InChI is InChI=1S/C21H20N4O4/c1-3-29-21(28)19-20(27)25(22-13-16-7-5-4-6-8-16)23-24(19)14-18(26)17-11-9-15(2)10-12-17/h4-13H,3,14H2,1-2H3/b22-13+. The number of benzene rings is 2. The van der Waals surface area contributed by atoms with Crippen LogP contribution >= 0.6 is 0 Å². The van der Waals surface area contributed by atoms with Crippen LogP contribution in [-0.2, 0) is 11.3 Å². The van der Waals surface area contributed by atoms with Crippen LogP contribution in [0.15, 0.2) is 59.7 Å². The third-order valence-corrected chi connectivity index (χ3v) is 4.09. The van der Waals surface area contributed by atoms with Gasteiger partial charge in [0.2, 0.25) is 5.78 Å². The third kappa shape index (κ3) is 4.73. The second kappa shape index (κ2) is 8.92. The van der Waals surface area contributed by atoms with E-state index in [0.29, 0.717) is 5.56 Å². The Morgan fingerprint density at radius 1 is 1.17 bits per heavy atom. The SMILES string of the molecule is CCOC(=O)c1c([O-])n(/N=C/c2ccccc2)n[n+]1CC(=O)c1ccc(C)cc1. The number of rotatable bonds is 7. The lowest BCUT2D eigenvalue weighted by molar-refractivity contribution is -0.745. The topological polar surface area (TPSA) is 100 Å². The average Bonchev–Trinajstić information content (AvgIpc) is 3.02. The lowest BCUT2D eigenvalue weighted by Gasteiger charge is -2.03.